The molecule has 0 aliphatic carbocycles. The second-order valence-corrected chi connectivity index (χ2v) is 5.49. The molecule has 0 amide bonds. The highest BCUT2D eigenvalue weighted by Gasteiger charge is 2.20. The van der Waals surface area contributed by atoms with E-state index in [1.807, 2.05) is 0 Å². The number of nitrogens with two attached hydrogens (primary N) is 1. The van der Waals surface area contributed by atoms with Gasteiger partial charge in [0.05, 0.1) is 16.1 Å². The highest BCUT2D eigenvalue weighted by Crippen LogP contribution is 2.38. The molecule has 1 unspecified atom stereocenters. The molecule has 1 aliphatic heterocycles. The zero-order chi connectivity index (χ0) is 9.26. The summed E-state index contributed by atoms with van der Waals surface area (Å²) in [6.07, 6.45) is 2.35. The lowest BCUT2D eigenvalue weighted by Crippen LogP contribution is -2.15. The van der Waals surface area contributed by atoms with Gasteiger partial charge in [-0.25, -0.2) is 0 Å². The van der Waals surface area contributed by atoms with Crippen LogP contribution >= 0.6 is 27.3 Å². The lowest BCUT2D eigenvalue weighted by Gasteiger charge is -2.21. The number of anilines is 1. The fourth-order valence-corrected chi connectivity index (χ4v) is 2.96. The maximum atomic E-state index is 5.94. The molecule has 2 rings (SSSR count). The summed E-state index contributed by atoms with van der Waals surface area (Å²) in [4.78, 5) is 0. The van der Waals surface area contributed by atoms with E-state index in [9.17, 15) is 0 Å². The second kappa shape index (κ2) is 3.98. The summed E-state index contributed by atoms with van der Waals surface area (Å²) >= 11 is 5.10. The van der Waals surface area contributed by atoms with E-state index < -0.39 is 0 Å². The molecule has 0 aromatic carbocycles. The predicted octanol–water partition coefficient (Wildman–Crippen LogP) is 2.99. The Kier molecular flexibility index (Phi) is 2.91. The van der Waals surface area contributed by atoms with Crippen LogP contribution in [0.2, 0.25) is 0 Å². The van der Waals surface area contributed by atoms with Crippen molar-refractivity contribution < 1.29 is 4.74 Å². The Morgan fingerprint density at radius 3 is 3.00 bits per heavy atom. The molecule has 0 saturated carbocycles. The third-order valence-electron chi connectivity index (χ3n) is 2.41. The van der Waals surface area contributed by atoms with Gasteiger partial charge in [0.15, 0.2) is 0 Å². The Bertz CT molecular complexity index is 294. The Hall–Kier alpha value is -0.0600. The lowest BCUT2D eigenvalue weighted by atomic mass is 9.95. The van der Waals surface area contributed by atoms with E-state index in [1.54, 1.807) is 11.3 Å². The maximum Gasteiger partial charge on any atom is 0.0930 e. The van der Waals surface area contributed by atoms with Gasteiger partial charge >= 0.3 is 0 Å². The average Bonchev–Trinajstić information content (AvgIpc) is 2.49. The van der Waals surface area contributed by atoms with Crippen LogP contribution in [0.1, 0.15) is 24.3 Å². The zero-order valence-electron chi connectivity index (χ0n) is 7.25. The molecular formula is C9H12BrNOS. The van der Waals surface area contributed by atoms with E-state index in [0.717, 1.165) is 29.1 Å². The van der Waals surface area contributed by atoms with Gasteiger partial charge in [-0.1, -0.05) is 0 Å². The van der Waals surface area contributed by atoms with Crippen molar-refractivity contribution in [3.05, 3.63) is 14.7 Å². The van der Waals surface area contributed by atoms with Crippen molar-refractivity contribution >= 4 is 33.0 Å². The molecule has 4 heteroatoms. The number of halogens is 1. The van der Waals surface area contributed by atoms with Crippen LogP contribution in [0, 0.1) is 0 Å². The Morgan fingerprint density at radius 1 is 1.62 bits per heavy atom. The molecule has 0 radical (unpaired) electrons. The van der Waals surface area contributed by atoms with Gasteiger partial charge in [-0.05, 0) is 39.7 Å². The number of hydrogen-bond acceptors (Lipinski definition) is 3. The smallest absolute Gasteiger partial charge is 0.0930 e. The van der Waals surface area contributed by atoms with E-state index in [2.05, 4.69) is 21.3 Å². The molecule has 2 N–H and O–H groups in total. The Morgan fingerprint density at radius 2 is 2.46 bits per heavy atom. The van der Waals surface area contributed by atoms with E-state index >= 15 is 0 Å². The average molecular weight is 262 g/mol. The third-order valence-corrected chi connectivity index (χ3v) is 4.20. The standard InChI is InChI=1S/C9H12BrNOS/c10-9-8(11)7(5-13-9)6-2-1-3-12-4-6/h5-6H,1-4,11H2. The second-order valence-electron chi connectivity index (χ2n) is 3.29. The van der Waals surface area contributed by atoms with Crippen molar-refractivity contribution in [3.63, 3.8) is 0 Å². The van der Waals surface area contributed by atoms with Gasteiger partial charge in [0, 0.05) is 12.5 Å². The quantitative estimate of drug-likeness (QED) is 0.844. The summed E-state index contributed by atoms with van der Waals surface area (Å²) in [5, 5.41) is 2.14. The van der Waals surface area contributed by atoms with Crippen molar-refractivity contribution in [2.24, 2.45) is 0 Å². The minimum atomic E-state index is 0.510. The lowest BCUT2D eigenvalue weighted by molar-refractivity contribution is 0.0807. The molecule has 1 atom stereocenters. The normalized spacial score (nSPS) is 23.3. The van der Waals surface area contributed by atoms with Crippen molar-refractivity contribution in [2.75, 3.05) is 18.9 Å². The van der Waals surface area contributed by atoms with Crippen LogP contribution in [0.5, 0.6) is 0 Å². The first-order valence-corrected chi connectivity index (χ1v) is 6.06. The van der Waals surface area contributed by atoms with Gasteiger partial charge in [-0.15, -0.1) is 11.3 Å². The van der Waals surface area contributed by atoms with Gasteiger partial charge in [0.25, 0.3) is 0 Å². The molecule has 1 aliphatic rings. The molecule has 2 nitrogen and oxygen atoms in total. The van der Waals surface area contributed by atoms with Crippen LogP contribution in [-0.2, 0) is 4.74 Å². The summed E-state index contributed by atoms with van der Waals surface area (Å²) in [5.41, 5.74) is 8.11. The Balaban J connectivity index is 2.18. The molecule has 1 aromatic rings. The van der Waals surface area contributed by atoms with Crippen molar-refractivity contribution in [3.8, 4) is 0 Å². The van der Waals surface area contributed by atoms with Gasteiger partial charge in [0.2, 0.25) is 0 Å². The van der Waals surface area contributed by atoms with E-state index in [4.69, 9.17) is 10.5 Å². The number of rotatable bonds is 1. The van der Waals surface area contributed by atoms with Crippen LogP contribution in [0.4, 0.5) is 5.69 Å². The maximum absolute atomic E-state index is 5.94. The van der Waals surface area contributed by atoms with E-state index in [1.165, 1.54) is 12.0 Å². The summed E-state index contributed by atoms with van der Waals surface area (Å²) in [6, 6.07) is 0. The van der Waals surface area contributed by atoms with Crippen LogP contribution in [-0.4, -0.2) is 13.2 Å². The summed E-state index contributed by atoms with van der Waals surface area (Å²) in [7, 11) is 0. The molecule has 13 heavy (non-hydrogen) atoms. The first-order valence-electron chi connectivity index (χ1n) is 4.39. The molecule has 1 saturated heterocycles. The monoisotopic (exact) mass is 261 g/mol. The van der Waals surface area contributed by atoms with Crippen LogP contribution < -0.4 is 5.73 Å². The topological polar surface area (TPSA) is 35.2 Å². The zero-order valence-corrected chi connectivity index (χ0v) is 9.66. The van der Waals surface area contributed by atoms with Crippen LogP contribution in [0.25, 0.3) is 0 Å². The summed E-state index contributed by atoms with van der Waals surface area (Å²) in [5.74, 6) is 0.510. The SMILES string of the molecule is Nc1c(C2CCCOC2)csc1Br. The molecule has 0 bridgehead atoms. The van der Waals surface area contributed by atoms with Gasteiger partial charge in [-0.3, -0.25) is 0 Å². The van der Waals surface area contributed by atoms with Crippen molar-refractivity contribution in [2.45, 2.75) is 18.8 Å². The highest BCUT2D eigenvalue weighted by atomic mass is 79.9. The molecule has 1 aromatic heterocycles. The van der Waals surface area contributed by atoms with E-state index in [0.29, 0.717) is 5.92 Å². The number of thiophene rings is 1. The number of nitrogen functional groups attached to an aromatic ring is 1. The minimum Gasteiger partial charge on any atom is -0.397 e. The van der Waals surface area contributed by atoms with Crippen molar-refractivity contribution in [1.29, 1.82) is 0 Å². The molecule has 72 valence electrons. The fourth-order valence-electron chi connectivity index (χ4n) is 1.66. The van der Waals surface area contributed by atoms with E-state index in [-0.39, 0.29) is 0 Å². The fraction of sp³-hybridized carbons (Fsp3) is 0.556. The minimum absolute atomic E-state index is 0.510. The number of ether oxygens (including phenoxy) is 1. The molecular weight excluding hydrogens is 250 g/mol. The first-order chi connectivity index (χ1) is 6.29. The molecule has 2 heterocycles. The summed E-state index contributed by atoms with van der Waals surface area (Å²) < 4.78 is 6.48. The van der Waals surface area contributed by atoms with Gasteiger partial charge < -0.3 is 10.5 Å². The van der Waals surface area contributed by atoms with Gasteiger partial charge in [0.1, 0.15) is 0 Å². The molecule has 1 fully saturated rings. The predicted molar refractivity (Wildman–Crippen MR) is 59.2 cm³/mol. The largest absolute Gasteiger partial charge is 0.397 e. The third kappa shape index (κ3) is 1.90. The molecule has 0 spiro atoms. The Labute approximate surface area is 90.2 Å². The van der Waals surface area contributed by atoms with Crippen LogP contribution in [0.3, 0.4) is 0 Å². The first kappa shape index (κ1) is 9.49. The summed E-state index contributed by atoms with van der Waals surface area (Å²) in [6.45, 7) is 1.73. The van der Waals surface area contributed by atoms with Crippen molar-refractivity contribution in [1.82, 2.24) is 0 Å². The highest BCUT2D eigenvalue weighted by molar-refractivity contribution is 9.11. The van der Waals surface area contributed by atoms with Crippen LogP contribution in [0.15, 0.2) is 9.17 Å². The number of hydrogen-bond donors (Lipinski definition) is 1. The van der Waals surface area contributed by atoms with Gasteiger partial charge in [-0.2, -0.15) is 0 Å².